The van der Waals surface area contributed by atoms with Crippen molar-refractivity contribution in [2.75, 3.05) is 0 Å². The van der Waals surface area contributed by atoms with Crippen LogP contribution < -0.4 is 5.32 Å². The second-order valence-corrected chi connectivity index (χ2v) is 5.99. The van der Waals surface area contributed by atoms with Crippen molar-refractivity contribution < 1.29 is 9.90 Å². The summed E-state index contributed by atoms with van der Waals surface area (Å²) in [6.45, 7) is 0.858. The van der Waals surface area contributed by atoms with Crippen LogP contribution >= 0.6 is 0 Å². The van der Waals surface area contributed by atoms with Crippen molar-refractivity contribution in [2.24, 2.45) is 5.92 Å². The summed E-state index contributed by atoms with van der Waals surface area (Å²) in [5.74, 6) is 0.0176. The SMILES string of the molecule is O=C(O)c1ccc(CNC2(C3CCC3)CCC2)cc1. The van der Waals surface area contributed by atoms with Gasteiger partial charge in [0.2, 0.25) is 0 Å². The third kappa shape index (κ3) is 2.39. The first-order chi connectivity index (χ1) is 9.20. The van der Waals surface area contributed by atoms with Gasteiger partial charge in [0.1, 0.15) is 0 Å². The van der Waals surface area contributed by atoms with Crippen molar-refractivity contribution in [2.45, 2.75) is 50.6 Å². The van der Waals surface area contributed by atoms with Crippen LogP contribution in [0.15, 0.2) is 24.3 Å². The van der Waals surface area contributed by atoms with Crippen molar-refractivity contribution in [3.8, 4) is 0 Å². The van der Waals surface area contributed by atoms with Gasteiger partial charge in [-0.1, -0.05) is 18.6 Å². The molecule has 102 valence electrons. The molecule has 0 atom stereocenters. The smallest absolute Gasteiger partial charge is 0.335 e. The Morgan fingerprint density at radius 1 is 1.21 bits per heavy atom. The molecule has 0 bridgehead atoms. The van der Waals surface area contributed by atoms with Gasteiger partial charge < -0.3 is 10.4 Å². The molecule has 19 heavy (non-hydrogen) atoms. The highest BCUT2D eigenvalue weighted by Gasteiger charge is 2.45. The number of carbonyl (C=O) groups is 1. The van der Waals surface area contributed by atoms with Gasteiger partial charge in [-0.2, -0.15) is 0 Å². The van der Waals surface area contributed by atoms with Crippen LogP contribution in [0.1, 0.15) is 54.4 Å². The first kappa shape index (κ1) is 12.7. The minimum absolute atomic E-state index is 0.362. The highest BCUT2D eigenvalue weighted by atomic mass is 16.4. The van der Waals surface area contributed by atoms with E-state index in [0.717, 1.165) is 12.5 Å². The molecule has 2 saturated carbocycles. The number of nitrogens with one attached hydrogen (secondary N) is 1. The average molecular weight is 259 g/mol. The Morgan fingerprint density at radius 2 is 1.89 bits per heavy atom. The molecule has 0 unspecified atom stereocenters. The normalized spacial score (nSPS) is 21.5. The van der Waals surface area contributed by atoms with E-state index in [2.05, 4.69) is 5.32 Å². The lowest BCUT2D eigenvalue weighted by atomic mass is 9.61. The monoisotopic (exact) mass is 259 g/mol. The van der Waals surface area contributed by atoms with Gasteiger partial charge in [-0.25, -0.2) is 4.79 Å². The molecule has 2 aliphatic carbocycles. The van der Waals surface area contributed by atoms with Crippen LogP contribution in [0.2, 0.25) is 0 Å². The molecule has 2 aliphatic rings. The predicted octanol–water partition coefficient (Wildman–Crippen LogP) is 3.20. The highest BCUT2D eigenvalue weighted by molar-refractivity contribution is 5.87. The number of rotatable bonds is 5. The summed E-state index contributed by atoms with van der Waals surface area (Å²) in [4.78, 5) is 10.8. The maximum Gasteiger partial charge on any atom is 0.335 e. The van der Waals surface area contributed by atoms with Crippen LogP contribution in [0.5, 0.6) is 0 Å². The minimum atomic E-state index is -0.857. The zero-order valence-corrected chi connectivity index (χ0v) is 11.2. The maximum absolute atomic E-state index is 10.8. The quantitative estimate of drug-likeness (QED) is 0.853. The Hall–Kier alpha value is -1.35. The lowest BCUT2D eigenvalue weighted by Crippen LogP contribution is -2.57. The van der Waals surface area contributed by atoms with E-state index in [0.29, 0.717) is 11.1 Å². The fraction of sp³-hybridized carbons (Fsp3) is 0.562. The van der Waals surface area contributed by atoms with Crippen molar-refractivity contribution in [1.29, 1.82) is 0 Å². The second kappa shape index (κ2) is 4.97. The summed E-state index contributed by atoms with van der Waals surface area (Å²) in [5, 5.41) is 12.6. The first-order valence-corrected chi connectivity index (χ1v) is 7.27. The summed E-state index contributed by atoms with van der Waals surface area (Å²) in [6.07, 6.45) is 8.12. The molecule has 1 aromatic rings. The van der Waals surface area contributed by atoms with E-state index in [-0.39, 0.29) is 0 Å². The summed E-state index contributed by atoms with van der Waals surface area (Å²) in [6, 6.07) is 7.22. The van der Waals surface area contributed by atoms with Crippen molar-refractivity contribution in [1.82, 2.24) is 5.32 Å². The number of hydrogen-bond donors (Lipinski definition) is 2. The lowest BCUT2D eigenvalue weighted by molar-refractivity contribution is 0.0495. The standard InChI is InChI=1S/C16H21NO2/c18-15(19)13-7-5-12(6-8-13)11-17-16(9-2-10-16)14-3-1-4-14/h5-8,14,17H,1-4,9-11H2,(H,18,19). The highest BCUT2D eigenvalue weighted by Crippen LogP contribution is 2.47. The Balaban J connectivity index is 1.60. The van der Waals surface area contributed by atoms with E-state index in [1.165, 1.54) is 44.1 Å². The largest absolute Gasteiger partial charge is 0.478 e. The topological polar surface area (TPSA) is 49.3 Å². The number of carboxylic acid groups (broad SMARTS) is 1. The molecule has 3 rings (SSSR count). The number of aromatic carboxylic acids is 1. The van der Waals surface area contributed by atoms with Crippen molar-refractivity contribution in [3.63, 3.8) is 0 Å². The van der Waals surface area contributed by atoms with E-state index in [1.54, 1.807) is 12.1 Å². The van der Waals surface area contributed by atoms with E-state index < -0.39 is 5.97 Å². The number of benzene rings is 1. The van der Waals surface area contributed by atoms with Gasteiger partial charge in [-0.3, -0.25) is 0 Å². The van der Waals surface area contributed by atoms with Crippen LogP contribution in [0.4, 0.5) is 0 Å². The third-order valence-electron chi connectivity index (χ3n) is 4.98. The maximum atomic E-state index is 10.8. The molecule has 1 aromatic carbocycles. The average Bonchev–Trinajstić information content (AvgIpc) is 2.30. The van der Waals surface area contributed by atoms with E-state index >= 15 is 0 Å². The summed E-state index contributed by atoms with van der Waals surface area (Å²) in [7, 11) is 0. The van der Waals surface area contributed by atoms with E-state index in [9.17, 15) is 4.79 Å². The Bertz CT molecular complexity index is 458. The van der Waals surface area contributed by atoms with Crippen molar-refractivity contribution >= 4 is 5.97 Å². The van der Waals surface area contributed by atoms with Gasteiger partial charge >= 0.3 is 5.97 Å². The molecule has 3 nitrogen and oxygen atoms in total. The lowest BCUT2D eigenvalue weighted by Gasteiger charge is -2.52. The summed E-state index contributed by atoms with van der Waals surface area (Å²) in [5.41, 5.74) is 1.93. The molecule has 0 spiro atoms. The molecule has 3 heteroatoms. The Morgan fingerprint density at radius 3 is 2.32 bits per heavy atom. The summed E-state index contributed by atoms with van der Waals surface area (Å²) >= 11 is 0. The van der Waals surface area contributed by atoms with Crippen LogP contribution in [0.3, 0.4) is 0 Å². The molecule has 2 fully saturated rings. The zero-order chi connectivity index (χ0) is 13.3. The van der Waals surface area contributed by atoms with Crippen LogP contribution in [0, 0.1) is 5.92 Å². The molecule has 0 radical (unpaired) electrons. The Kier molecular flexibility index (Phi) is 3.31. The van der Waals surface area contributed by atoms with Gasteiger partial charge in [0.15, 0.2) is 0 Å². The fourth-order valence-electron chi connectivity index (χ4n) is 3.29. The molecule has 0 saturated heterocycles. The van der Waals surface area contributed by atoms with E-state index in [1.807, 2.05) is 12.1 Å². The fourth-order valence-corrected chi connectivity index (χ4v) is 3.29. The van der Waals surface area contributed by atoms with E-state index in [4.69, 9.17) is 5.11 Å². The molecule has 0 heterocycles. The summed E-state index contributed by atoms with van der Waals surface area (Å²) < 4.78 is 0. The molecule has 0 aliphatic heterocycles. The predicted molar refractivity (Wildman–Crippen MR) is 74.2 cm³/mol. The van der Waals surface area contributed by atoms with Gasteiger partial charge in [-0.05, 0) is 55.7 Å². The minimum Gasteiger partial charge on any atom is -0.478 e. The molecular formula is C16H21NO2. The Labute approximate surface area is 114 Å². The first-order valence-electron chi connectivity index (χ1n) is 7.27. The molecule has 0 amide bonds. The molecule has 2 N–H and O–H groups in total. The zero-order valence-electron chi connectivity index (χ0n) is 11.2. The van der Waals surface area contributed by atoms with Gasteiger partial charge in [0, 0.05) is 12.1 Å². The number of carboxylic acids is 1. The van der Waals surface area contributed by atoms with Crippen LogP contribution in [0.25, 0.3) is 0 Å². The second-order valence-electron chi connectivity index (χ2n) is 5.99. The van der Waals surface area contributed by atoms with Gasteiger partial charge in [0.05, 0.1) is 5.56 Å². The van der Waals surface area contributed by atoms with Gasteiger partial charge in [0.25, 0.3) is 0 Å². The van der Waals surface area contributed by atoms with Crippen LogP contribution in [-0.2, 0) is 6.54 Å². The molecule has 0 aromatic heterocycles. The van der Waals surface area contributed by atoms with Crippen LogP contribution in [-0.4, -0.2) is 16.6 Å². The number of hydrogen-bond acceptors (Lipinski definition) is 2. The molecular weight excluding hydrogens is 238 g/mol. The third-order valence-corrected chi connectivity index (χ3v) is 4.98. The van der Waals surface area contributed by atoms with Crippen molar-refractivity contribution in [3.05, 3.63) is 35.4 Å². The van der Waals surface area contributed by atoms with Gasteiger partial charge in [-0.15, -0.1) is 0 Å².